The summed E-state index contributed by atoms with van der Waals surface area (Å²) in [6, 6.07) is 10.1. The van der Waals surface area contributed by atoms with Crippen molar-refractivity contribution in [2.24, 2.45) is 5.92 Å². The van der Waals surface area contributed by atoms with Gasteiger partial charge in [-0.05, 0) is 61.6 Å². The van der Waals surface area contributed by atoms with E-state index >= 15 is 0 Å². The Morgan fingerprint density at radius 3 is 2.65 bits per heavy atom. The van der Waals surface area contributed by atoms with Crippen LogP contribution in [-0.4, -0.2) is 28.9 Å². The maximum atomic E-state index is 13.3. The number of hydrogen-bond donors (Lipinski definition) is 0. The second-order valence-electron chi connectivity index (χ2n) is 6.34. The van der Waals surface area contributed by atoms with Crippen molar-refractivity contribution in [3.8, 4) is 11.3 Å². The van der Waals surface area contributed by atoms with Gasteiger partial charge >= 0.3 is 0 Å². The molecule has 2 aromatic rings. The molecule has 0 radical (unpaired) electrons. The van der Waals surface area contributed by atoms with Gasteiger partial charge in [0.05, 0.1) is 5.69 Å². The van der Waals surface area contributed by atoms with E-state index in [1.165, 1.54) is 12.1 Å². The van der Waals surface area contributed by atoms with Crippen molar-refractivity contribution >= 4 is 5.91 Å². The van der Waals surface area contributed by atoms with E-state index in [1.807, 2.05) is 24.0 Å². The van der Waals surface area contributed by atoms with Crippen LogP contribution in [0.2, 0.25) is 0 Å². The molecular weight excluding hydrogens is 291 g/mol. The molecule has 1 aromatic heterocycles. The van der Waals surface area contributed by atoms with Gasteiger partial charge in [-0.3, -0.25) is 4.79 Å². The Balaban J connectivity index is 1.86. The highest BCUT2D eigenvalue weighted by molar-refractivity contribution is 5.93. The van der Waals surface area contributed by atoms with E-state index in [4.69, 9.17) is 0 Å². The second kappa shape index (κ2) is 6.49. The molecule has 0 unspecified atom stereocenters. The molecule has 23 heavy (non-hydrogen) atoms. The number of nitrogens with zero attached hydrogens (tertiary/aromatic N) is 2. The molecule has 3 nitrogen and oxygen atoms in total. The summed E-state index contributed by atoms with van der Waals surface area (Å²) in [5.41, 5.74) is 2.83. The van der Waals surface area contributed by atoms with Crippen molar-refractivity contribution in [2.75, 3.05) is 13.1 Å². The average molecular weight is 312 g/mol. The molecule has 1 saturated heterocycles. The van der Waals surface area contributed by atoms with Crippen LogP contribution in [0, 0.1) is 18.7 Å². The fraction of sp³-hybridized carbons (Fsp3) is 0.368. The van der Waals surface area contributed by atoms with E-state index in [1.54, 1.807) is 12.1 Å². The first-order chi connectivity index (χ1) is 11.0. The first kappa shape index (κ1) is 15.7. The third-order valence-corrected chi connectivity index (χ3v) is 4.50. The monoisotopic (exact) mass is 312 g/mol. The van der Waals surface area contributed by atoms with Crippen LogP contribution in [0.25, 0.3) is 11.3 Å². The molecule has 1 aliphatic heterocycles. The van der Waals surface area contributed by atoms with Crippen molar-refractivity contribution in [1.29, 1.82) is 0 Å². The van der Waals surface area contributed by atoms with Gasteiger partial charge in [-0.2, -0.15) is 0 Å². The first-order valence-corrected chi connectivity index (χ1v) is 8.07. The minimum absolute atomic E-state index is 0.0153. The Bertz CT molecular complexity index is 721. The molecule has 0 N–H and O–H groups in total. The number of likely N-dealkylation sites (tertiary alicyclic amines) is 1. The highest BCUT2D eigenvalue weighted by Gasteiger charge is 2.22. The molecule has 1 aliphatic rings. The SMILES string of the molecule is Cc1cc(F)ccc1-c1cccc(C(=O)N2CCC(C)CC2)n1. The van der Waals surface area contributed by atoms with Crippen molar-refractivity contribution in [1.82, 2.24) is 9.88 Å². The smallest absolute Gasteiger partial charge is 0.272 e. The number of hydrogen-bond acceptors (Lipinski definition) is 2. The summed E-state index contributed by atoms with van der Waals surface area (Å²) in [5.74, 6) is 0.402. The summed E-state index contributed by atoms with van der Waals surface area (Å²) in [7, 11) is 0. The molecular formula is C19H21FN2O. The van der Waals surface area contributed by atoms with Crippen molar-refractivity contribution < 1.29 is 9.18 Å². The Hall–Kier alpha value is -2.23. The minimum atomic E-state index is -0.263. The van der Waals surface area contributed by atoms with Gasteiger partial charge in [0, 0.05) is 18.7 Å². The Morgan fingerprint density at radius 1 is 1.22 bits per heavy atom. The van der Waals surface area contributed by atoms with Gasteiger partial charge in [-0.25, -0.2) is 9.37 Å². The molecule has 0 spiro atoms. The largest absolute Gasteiger partial charge is 0.337 e. The lowest BCUT2D eigenvalue weighted by molar-refractivity contribution is 0.0691. The summed E-state index contributed by atoms with van der Waals surface area (Å²) < 4.78 is 13.3. The van der Waals surface area contributed by atoms with Gasteiger partial charge in [0.25, 0.3) is 5.91 Å². The standard InChI is InChI=1S/C19H21FN2O/c1-13-8-10-22(11-9-13)19(23)18-5-3-4-17(21-18)16-7-6-15(20)12-14(16)2/h3-7,12-13H,8-11H2,1-2H3. The van der Waals surface area contributed by atoms with Crippen LogP contribution in [0.1, 0.15) is 35.8 Å². The van der Waals surface area contributed by atoms with E-state index in [0.717, 1.165) is 37.1 Å². The lowest BCUT2D eigenvalue weighted by Gasteiger charge is -2.30. The Morgan fingerprint density at radius 2 is 1.96 bits per heavy atom. The maximum Gasteiger partial charge on any atom is 0.272 e. The van der Waals surface area contributed by atoms with Crippen molar-refractivity contribution in [3.05, 3.63) is 53.5 Å². The van der Waals surface area contributed by atoms with Crippen molar-refractivity contribution in [2.45, 2.75) is 26.7 Å². The van der Waals surface area contributed by atoms with Crippen LogP contribution in [0.4, 0.5) is 4.39 Å². The molecule has 0 saturated carbocycles. The zero-order valence-corrected chi connectivity index (χ0v) is 13.6. The Labute approximate surface area is 136 Å². The van der Waals surface area contributed by atoms with Crippen LogP contribution in [0.3, 0.4) is 0 Å². The third kappa shape index (κ3) is 3.41. The summed E-state index contributed by atoms with van der Waals surface area (Å²) in [6.45, 7) is 5.65. The number of carbonyl (C=O) groups is 1. The molecule has 0 aliphatic carbocycles. The first-order valence-electron chi connectivity index (χ1n) is 8.07. The number of amides is 1. The molecule has 1 amide bonds. The molecule has 1 aromatic carbocycles. The highest BCUT2D eigenvalue weighted by Crippen LogP contribution is 2.23. The van der Waals surface area contributed by atoms with Crippen LogP contribution in [0.15, 0.2) is 36.4 Å². The zero-order chi connectivity index (χ0) is 16.4. The Kier molecular flexibility index (Phi) is 4.42. The van der Waals surface area contributed by atoms with E-state index < -0.39 is 0 Å². The molecule has 2 heterocycles. The number of pyridine rings is 1. The highest BCUT2D eigenvalue weighted by atomic mass is 19.1. The van der Waals surface area contributed by atoms with E-state index in [0.29, 0.717) is 17.3 Å². The van der Waals surface area contributed by atoms with E-state index in [9.17, 15) is 9.18 Å². The maximum absolute atomic E-state index is 13.3. The fourth-order valence-electron chi connectivity index (χ4n) is 2.99. The number of piperidine rings is 1. The number of carbonyl (C=O) groups excluding carboxylic acids is 1. The third-order valence-electron chi connectivity index (χ3n) is 4.50. The molecule has 1 fully saturated rings. The van der Waals surface area contributed by atoms with Gasteiger partial charge < -0.3 is 4.90 Å². The lowest BCUT2D eigenvalue weighted by atomic mass is 9.99. The van der Waals surface area contributed by atoms with Crippen LogP contribution in [0.5, 0.6) is 0 Å². The molecule has 120 valence electrons. The summed E-state index contributed by atoms with van der Waals surface area (Å²) >= 11 is 0. The van der Waals surface area contributed by atoms with Crippen LogP contribution < -0.4 is 0 Å². The number of aromatic nitrogens is 1. The number of benzene rings is 1. The topological polar surface area (TPSA) is 33.2 Å². The van der Waals surface area contributed by atoms with Gasteiger partial charge in [-0.15, -0.1) is 0 Å². The zero-order valence-electron chi connectivity index (χ0n) is 13.6. The average Bonchev–Trinajstić information content (AvgIpc) is 2.55. The molecule has 3 rings (SSSR count). The summed E-state index contributed by atoms with van der Waals surface area (Å²) in [4.78, 5) is 19.0. The van der Waals surface area contributed by atoms with Gasteiger partial charge in [-0.1, -0.05) is 13.0 Å². The number of aryl methyl sites for hydroxylation is 1. The predicted molar refractivity (Wildman–Crippen MR) is 88.7 cm³/mol. The van der Waals surface area contributed by atoms with E-state index in [-0.39, 0.29) is 11.7 Å². The van der Waals surface area contributed by atoms with Crippen molar-refractivity contribution in [3.63, 3.8) is 0 Å². The molecule has 0 atom stereocenters. The van der Waals surface area contributed by atoms with E-state index in [2.05, 4.69) is 11.9 Å². The van der Waals surface area contributed by atoms with Gasteiger partial charge in [0.1, 0.15) is 11.5 Å². The van der Waals surface area contributed by atoms with Crippen LogP contribution >= 0.6 is 0 Å². The fourth-order valence-corrected chi connectivity index (χ4v) is 2.99. The summed E-state index contributed by atoms with van der Waals surface area (Å²) in [6.07, 6.45) is 2.09. The van der Waals surface area contributed by atoms with Crippen LogP contribution in [-0.2, 0) is 0 Å². The summed E-state index contributed by atoms with van der Waals surface area (Å²) in [5, 5.41) is 0. The molecule has 0 bridgehead atoms. The van der Waals surface area contributed by atoms with Gasteiger partial charge in [0.2, 0.25) is 0 Å². The normalized spacial score (nSPS) is 15.7. The lowest BCUT2D eigenvalue weighted by Crippen LogP contribution is -2.38. The number of halogens is 1. The molecule has 4 heteroatoms. The van der Waals surface area contributed by atoms with Gasteiger partial charge in [0.15, 0.2) is 0 Å². The second-order valence-corrected chi connectivity index (χ2v) is 6.34. The quantitative estimate of drug-likeness (QED) is 0.837. The predicted octanol–water partition coefficient (Wildman–Crippen LogP) is 4.07. The number of rotatable bonds is 2. The minimum Gasteiger partial charge on any atom is -0.337 e.